The standard InChI is InChI=1S/C12H24O2/c1-2-5-9-13-11-7-4-8-12-14-10-6-3-1/h1-12H2. The Kier molecular flexibility index (Phi) is 8.12. The zero-order chi connectivity index (χ0) is 9.90. The molecule has 0 aromatic rings. The lowest BCUT2D eigenvalue weighted by molar-refractivity contribution is 0.107. The molecular formula is C12H24O2. The van der Waals surface area contributed by atoms with Gasteiger partial charge in [-0.2, -0.15) is 0 Å². The van der Waals surface area contributed by atoms with Gasteiger partial charge in [0.2, 0.25) is 0 Å². The van der Waals surface area contributed by atoms with Crippen LogP contribution in [0.5, 0.6) is 0 Å². The number of rotatable bonds is 0. The van der Waals surface area contributed by atoms with Crippen LogP contribution in [0.4, 0.5) is 0 Å². The van der Waals surface area contributed by atoms with E-state index in [-0.39, 0.29) is 0 Å². The first kappa shape index (κ1) is 12.0. The predicted octanol–water partition coefficient (Wildman–Crippen LogP) is 3.15. The number of hydrogen-bond donors (Lipinski definition) is 0. The zero-order valence-electron chi connectivity index (χ0n) is 9.30. The molecule has 0 spiro atoms. The van der Waals surface area contributed by atoms with Crippen LogP contribution in [0.2, 0.25) is 0 Å². The Morgan fingerprint density at radius 2 is 0.643 bits per heavy atom. The highest BCUT2D eigenvalue weighted by atomic mass is 16.5. The van der Waals surface area contributed by atoms with Crippen molar-refractivity contribution in [3.05, 3.63) is 0 Å². The molecule has 2 nitrogen and oxygen atoms in total. The molecule has 2 heteroatoms. The third-order valence-electron chi connectivity index (χ3n) is 2.65. The van der Waals surface area contributed by atoms with Crippen LogP contribution in [0.3, 0.4) is 0 Å². The highest BCUT2D eigenvalue weighted by Crippen LogP contribution is 2.05. The van der Waals surface area contributed by atoms with E-state index in [0.29, 0.717) is 0 Å². The Morgan fingerprint density at radius 3 is 1.07 bits per heavy atom. The monoisotopic (exact) mass is 200 g/mol. The molecule has 0 radical (unpaired) electrons. The van der Waals surface area contributed by atoms with Crippen molar-refractivity contribution in [2.45, 2.75) is 51.4 Å². The smallest absolute Gasteiger partial charge is 0.0466 e. The summed E-state index contributed by atoms with van der Waals surface area (Å²) in [6, 6.07) is 0. The van der Waals surface area contributed by atoms with Gasteiger partial charge in [0.1, 0.15) is 0 Å². The van der Waals surface area contributed by atoms with E-state index in [0.717, 1.165) is 26.4 Å². The molecule has 1 aliphatic heterocycles. The van der Waals surface area contributed by atoms with Gasteiger partial charge in [-0.15, -0.1) is 0 Å². The third kappa shape index (κ3) is 7.34. The second-order valence-electron chi connectivity index (χ2n) is 4.05. The normalized spacial score (nSPS) is 24.0. The second-order valence-corrected chi connectivity index (χ2v) is 4.05. The van der Waals surface area contributed by atoms with Crippen LogP contribution >= 0.6 is 0 Å². The summed E-state index contributed by atoms with van der Waals surface area (Å²) >= 11 is 0. The minimum absolute atomic E-state index is 0.944. The van der Waals surface area contributed by atoms with Gasteiger partial charge < -0.3 is 9.47 Å². The largest absolute Gasteiger partial charge is 0.381 e. The van der Waals surface area contributed by atoms with Crippen LogP contribution in [0.1, 0.15) is 51.4 Å². The molecule has 0 aromatic carbocycles. The molecule has 0 aromatic heterocycles. The van der Waals surface area contributed by atoms with Gasteiger partial charge in [-0.1, -0.05) is 19.3 Å². The number of hydrogen-bond acceptors (Lipinski definition) is 2. The quantitative estimate of drug-likeness (QED) is 0.598. The van der Waals surface area contributed by atoms with Crippen LogP contribution in [-0.2, 0) is 9.47 Å². The van der Waals surface area contributed by atoms with Crippen molar-refractivity contribution < 1.29 is 9.47 Å². The third-order valence-corrected chi connectivity index (χ3v) is 2.65. The minimum Gasteiger partial charge on any atom is -0.381 e. The zero-order valence-corrected chi connectivity index (χ0v) is 9.30. The van der Waals surface area contributed by atoms with Gasteiger partial charge in [0, 0.05) is 26.4 Å². The van der Waals surface area contributed by atoms with Crippen LogP contribution < -0.4 is 0 Å². The predicted molar refractivity (Wildman–Crippen MR) is 58.6 cm³/mol. The fraction of sp³-hybridized carbons (Fsp3) is 1.00. The topological polar surface area (TPSA) is 18.5 Å². The maximum atomic E-state index is 5.54. The summed E-state index contributed by atoms with van der Waals surface area (Å²) in [7, 11) is 0. The van der Waals surface area contributed by atoms with E-state index in [9.17, 15) is 0 Å². The van der Waals surface area contributed by atoms with Gasteiger partial charge in [0.15, 0.2) is 0 Å². The van der Waals surface area contributed by atoms with E-state index in [2.05, 4.69) is 0 Å². The summed E-state index contributed by atoms with van der Waals surface area (Å²) in [5.74, 6) is 0. The number of ether oxygens (including phenoxy) is 2. The average molecular weight is 200 g/mol. The fourth-order valence-corrected chi connectivity index (χ4v) is 1.73. The van der Waals surface area contributed by atoms with Gasteiger partial charge in [-0.05, 0) is 32.1 Å². The molecule has 0 aliphatic carbocycles. The Hall–Kier alpha value is -0.0800. The van der Waals surface area contributed by atoms with Crippen LogP contribution in [0, 0.1) is 0 Å². The molecular weight excluding hydrogens is 176 g/mol. The minimum atomic E-state index is 0.944. The summed E-state index contributed by atoms with van der Waals surface area (Å²) in [5, 5.41) is 0. The summed E-state index contributed by atoms with van der Waals surface area (Å²) in [6.07, 6.45) is 10.1. The average Bonchev–Trinajstić information content (AvgIpc) is 2.22. The first-order valence-electron chi connectivity index (χ1n) is 6.15. The Bertz CT molecular complexity index is 61.6. The van der Waals surface area contributed by atoms with Crippen molar-refractivity contribution in [3.8, 4) is 0 Å². The van der Waals surface area contributed by atoms with Gasteiger partial charge in [0.05, 0.1) is 0 Å². The maximum absolute atomic E-state index is 5.54. The fourth-order valence-electron chi connectivity index (χ4n) is 1.73. The Morgan fingerprint density at radius 1 is 0.357 bits per heavy atom. The van der Waals surface area contributed by atoms with Gasteiger partial charge >= 0.3 is 0 Å². The van der Waals surface area contributed by atoms with E-state index < -0.39 is 0 Å². The second kappa shape index (κ2) is 9.47. The van der Waals surface area contributed by atoms with Crippen molar-refractivity contribution in [1.29, 1.82) is 0 Å². The van der Waals surface area contributed by atoms with Crippen molar-refractivity contribution >= 4 is 0 Å². The van der Waals surface area contributed by atoms with Gasteiger partial charge in [0.25, 0.3) is 0 Å². The van der Waals surface area contributed by atoms with Crippen LogP contribution in [-0.4, -0.2) is 26.4 Å². The first-order chi connectivity index (χ1) is 7.00. The first-order valence-corrected chi connectivity index (χ1v) is 6.15. The Labute approximate surface area is 88.0 Å². The van der Waals surface area contributed by atoms with E-state index in [1.54, 1.807) is 0 Å². The lowest BCUT2D eigenvalue weighted by atomic mass is 10.1. The summed E-state index contributed by atoms with van der Waals surface area (Å²) in [4.78, 5) is 0. The van der Waals surface area contributed by atoms with Crippen molar-refractivity contribution in [2.75, 3.05) is 26.4 Å². The summed E-state index contributed by atoms with van der Waals surface area (Å²) in [6.45, 7) is 3.83. The lowest BCUT2D eigenvalue weighted by Gasteiger charge is -2.07. The molecule has 1 saturated heterocycles. The summed E-state index contributed by atoms with van der Waals surface area (Å²) in [5.41, 5.74) is 0. The van der Waals surface area contributed by atoms with Gasteiger partial charge in [-0.25, -0.2) is 0 Å². The molecule has 1 aliphatic rings. The van der Waals surface area contributed by atoms with Crippen molar-refractivity contribution in [2.24, 2.45) is 0 Å². The van der Waals surface area contributed by atoms with Gasteiger partial charge in [-0.3, -0.25) is 0 Å². The van der Waals surface area contributed by atoms with E-state index in [1.807, 2.05) is 0 Å². The van der Waals surface area contributed by atoms with Crippen LogP contribution in [0.25, 0.3) is 0 Å². The molecule has 84 valence electrons. The molecule has 0 amide bonds. The van der Waals surface area contributed by atoms with Crippen LogP contribution in [0.15, 0.2) is 0 Å². The molecule has 0 bridgehead atoms. The molecule has 1 fully saturated rings. The molecule has 0 atom stereocenters. The highest BCUT2D eigenvalue weighted by Gasteiger charge is 1.95. The maximum Gasteiger partial charge on any atom is 0.0466 e. The molecule has 0 saturated carbocycles. The molecule has 0 N–H and O–H groups in total. The van der Waals surface area contributed by atoms with E-state index in [4.69, 9.17) is 9.47 Å². The lowest BCUT2D eigenvalue weighted by Crippen LogP contribution is -2.01. The van der Waals surface area contributed by atoms with Crippen molar-refractivity contribution in [1.82, 2.24) is 0 Å². The van der Waals surface area contributed by atoms with E-state index >= 15 is 0 Å². The molecule has 1 heterocycles. The summed E-state index contributed by atoms with van der Waals surface area (Å²) < 4.78 is 11.1. The highest BCUT2D eigenvalue weighted by molar-refractivity contribution is 4.47. The van der Waals surface area contributed by atoms with Crippen molar-refractivity contribution in [3.63, 3.8) is 0 Å². The molecule has 14 heavy (non-hydrogen) atoms. The van der Waals surface area contributed by atoms with E-state index in [1.165, 1.54) is 51.4 Å². The molecule has 0 unspecified atom stereocenters. The SMILES string of the molecule is C1CCCOCCCCCOCCC1. The molecule has 1 rings (SSSR count). The Balaban J connectivity index is 2.00.